The molecule has 0 aromatic rings. The number of nitrogens with one attached hydrogen (secondary N) is 1. The Bertz CT molecular complexity index is 428. The largest absolute Gasteiger partial charge is 0.375 e. The van der Waals surface area contributed by atoms with Gasteiger partial charge in [0.1, 0.15) is 0 Å². The first-order valence-corrected chi connectivity index (χ1v) is 7.57. The Hall–Kier alpha value is -1.22. The van der Waals surface area contributed by atoms with Crippen LogP contribution in [0.15, 0.2) is 48.2 Å². The predicted molar refractivity (Wildman–Crippen MR) is 83.2 cm³/mol. The first-order chi connectivity index (χ1) is 9.31. The maximum Gasteiger partial charge on any atom is 0.158 e. The summed E-state index contributed by atoms with van der Waals surface area (Å²) in [6, 6.07) is -0.181. The van der Waals surface area contributed by atoms with Crippen molar-refractivity contribution in [3.8, 4) is 0 Å². The average molecular weight is 275 g/mol. The molecule has 2 aliphatic rings. The molecule has 2 aliphatic carbocycles. The third-order valence-corrected chi connectivity index (χ3v) is 3.99. The van der Waals surface area contributed by atoms with E-state index in [1.807, 2.05) is 42.5 Å². The van der Waals surface area contributed by atoms with E-state index >= 15 is 0 Å². The van der Waals surface area contributed by atoms with Crippen molar-refractivity contribution in [3.05, 3.63) is 48.2 Å². The zero-order chi connectivity index (χ0) is 13.5. The Balaban J connectivity index is 1.99. The summed E-state index contributed by atoms with van der Waals surface area (Å²) in [6.07, 6.45) is 18.3. The SMILES string of the molecule is O=C(C1CCCC1)[C@H](CS)NC1=C/C=C\C=C/C=C1. The molecule has 0 aliphatic heterocycles. The minimum atomic E-state index is -0.181. The zero-order valence-electron chi connectivity index (χ0n) is 11.1. The summed E-state index contributed by atoms with van der Waals surface area (Å²) in [5.74, 6) is 1.10. The van der Waals surface area contributed by atoms with Gasteiger partial charge in [0, 0.05) is 17.4 Å². The van der Waals surface area contributed by atoms with Crippen molar-refractivity contribution in [2.45, 2.75) is 31.7 Å². The summed E-state index contributed by atoms with van der Waals surface area (Å²) in [5.41, 5.74) is 0.964. The number of Topliss-reactive ketones (excluding diaryl/α,β-unsaturated/α-hetero) is 1. The van der Waals surface area contributed by atoms with Gasteiger partial charge in [0.15, 0.2) is 5.78 Å². The van der Waals surface area contributed by atoms with Gasteiger partial charge in [0.25, 0.3) is 0 Å². The van der Waals surface area contributed by atoms with Gasteiger partial charge in [-0.15, -0.1) is 0 Å². The summed E-state index contributed by atoms with van der Waals surface area (Å²) in [4.78, 5) is 12.4. The zero-order valence-corrected chi connectivity index (χ0v) is 12.0. The highest BCUT2D eigenvalue weighted by atomic mass is 32.1. The van der Waals surface area contributed by atoms with Gasteiger partial charge in [-0.05, 0) is 25.0 Å². The molecule has 2 nitrogen and oxygen atoms in total. The molecule has 0 amide bonds. The first kappa shape index (κ1) is 14.2. The van der Waals surface area contributed by atoms with Crippen LogP contribution in [-0.4, -0.2) is 17.6 Å². The maximum absolute atomic E-state index is 12.4. The minimum Gasteiger partial charge on any atom is -0.375 e. The van der Waals surface area contributed by atoms with E-state index in [1.54, 1.807) is 0 Å². The van der Waals surface area contributed by atoms with Crippen LogP contribution in [0.4, 0.5) is 0 Å². The van der Waals surface area contributed by atoms with E-state index < -0.39 is 0 Å². The number of ketones is 1. The van der Waals surface area contributed by atoms with E-state index in [0.717, 1.165) is 18.5 Å². The van der Waals surface area contributed by atoms with Crippen LogP contribution in [0.5, 0.6) is 0 Å². The molecular formula is C16H21NOS. The lowest BCUT2D eigenvalue weighted by Gasteiger charge is -2.20. The maximum atomic E-state index is 12.4. The fourth-order valence-electron chi connectivity index (χ4n) is 2.57. The number of hydrogen-bond donors (Lipinski definition) is 2. The molecule has 0 saturated heterocycles. The van der Waals surface area contributed by atoms with Crippen LogP contribution in [0.2, 0.25) is 0 Å². The van der Waals surface area contributed by atoms with Gasteiger partial charge in [0.2, 0.25) is 0 Å². The summed E-state index contributed by atoms with van der Waals surface area (Å²) >= 11 is 4.33. The highest BCUT2D eigenvalue weighted by Gasteiger charge is 2.28. The van der Waals surface area contributed by atoms with E-state index in [-0.39, 0.29) is 12.0 Å². The second-order valence-electron chi connectivity index (χ2n) is 5.01. The number of hydrogen-bond acceptors (Lipinski definition) is 3. The molecule has 0 unspecified atom stereocenters. The third kappa shape index (κ3) is 4.13. The lowest BCUT2D eigenvalue weighted by molar-refractivity contribution is -0.124. The van der Waals surface area contributed by atoms with Crippen molar-refractivity contribution in [2.24, 2.45) is 5.92 Å². The fraction of sp³-hybridized carbons (Fsp3) is 0.438. The van der Waals surface area contributed by atoms with Crippen LogP contribution in [0.3, 0.4) is 0 Å². The quantitative estimate of drug-likeness (QED) is 0.754. The molecule has 102 valence electrons. The molecular weight excluding hydrogens is 254 g/mol. The monoisotopic (exact) mass is 275 g/mol. The van der Waals surface area contributed by atoms with E-state index in [9.17, 15) is 4.79 Å². The highest BCUT2D eigenvalue weighted by molar-refractivity contribution is 7.80. The number of carbonyl (C=O) groups excluding carboxylic acids is 1. The van der Waals surface area contributed by atoms with Crippen LogP contribution in [0.25, 0.3) is 0 Å². The van der Waals surface area contributed by atoms with Gasteiger partial charge >= 0.3 is 0 Å². The van der Waals surface area contributed by atoms with E-state index in [4.69, 9.17) is 0 Å². The van der Waals surface area contributed by atoms with Crippen LogP contribution in [0.1, 0.15) is 25.7 Å². The van der Waals surface area contributed by atoms with E-state index in [1.165, 1.54) is 12.8 Å². The molecule has 0 bridgehead atoms. The molecule has 0 spiro atoms. The Morgan fingerprint density at radius 2 is 1.89 bits per heavy atom. The summed E-state index contributed by atoms with van der Waals surface area (Å²) in [7, 11) is 0. The predicted octanol–water partition coefficient (Wildman–Crippen LogP) is 3.20. The Morgan fingerprint density at radius 1 is 1.21 bits per heavy atom. The number of rotatable bonds is 5. The normalized spacial score (nSPS) is 24.2. The third-order valence-electron chi connectivity index (χ3n) is 3.62. The lowest BCUT2D eigenvalue weighted by Crippen LogP contribution is -2.40. The summed E-state index contributed by atoms with van der Waals surface area (Å²) in [5, 5.41) is 3.31. The van der Waals surface area contributed by atoms with Crippen LogP contribution in [0, 0.1) is 5.92 Å². The minimum absolute atomic E-state index is 0.181. The molecule has 1 saturated carbocycles. The molecule has 3 heteroatoms. The second-order valence-corrected chi connectivity index (χ2v) is 5.38. The highest BCUT2D eigenvalue weighted by Crippen LogP contribution is 2.26. The molecule has 1 N–H and O–H groups in total. The molecule has 1 fully saturated rings. The molecule has 2 rings (SSSR count). The van der Waals surface area contributed by atoms with Crippen molar-refractivity contribution in [1.29, 1.82) is 0 Å². The van der Waals surface area contributed by atoms with Crippen molar-refractivity contribution in [2.75, 3.05) is 5.75 Å². The van der Waals surface area contributed by atoms with Gasteiger partial charge in [-0.25, -0.2) is 0 Å². The Kier molecular flexibility index (Phi) is 5.52. The molecule has 0 radical (unpaired) electrons. The second kappa shape index (κ2) is 7.39. The van der Waals surface area contributed by atoms with Crippen molar-refractivity contribution in [1.82, 2.24) is 5.32 Å². The summed E-state index contributed by atoms with van der Waals surface area (Å²) in [6.45, 7) is 0. The molecule has 19 heavy (non-hydrogen) atoms. The van der Waals surface area contributed by atoms with Gasteiger partial charge in [-0.1, -0.05) is 43.2 Å². The van der Waals surface area contributed by atoms with Crippen molar-refractivity contribution in [3.63, 3.8) is 0 Å². The standard InChI is InChI=1S/C16H21NOS/c18-16(13-8-6-7-9-13)15(12-19)17-14-10-4-2-1-3-5-11-14/h1-5,10-11,13,15,17,19H,6-9,12H2/b2-1-,3-1?,4-2?,5-3-,10-4?,11-5?,14-10?,14-11?/t15-/m0/s1. The molecule has 0 aromatic carbocycles. The topological polar surface area (TPSA) is 29.1 Å². The smallest absolute Gasteiger partial charge is 0.158 e. The van der Waals surface area contributed by atoms with Gasteiger partial charge in [-0.3, -0.25) is 4.79 Å². The number of thiol groups is 1. The average Bonchev–Trinajstić information content (AvgIpc) is 2.91. The first-order valence-electron chi connectivity index (χ1n) is 6.94. The lowest BCUT2D eigenvalue weighted by atomic mass is 9.97. The number of allylic oxidation sites excluding steroid dienone is 7. The van der Waals surface area contributed by atoms with Crippen molar-refractivity contribution < 1.29 is 4.79 Å². The van der Waals surface area contributed by atoms with Crippen LogP contribution < -0.4 is 5.32 Å². The Morgan fingerprint density at radius 3 is 2.63 bits per heavy atom. The fourth-order valence-corrected chi connectivity index (χ4v) is 2.84. The van der Waals surface area contributed by atoms with E-state index in [0.29, 0.717) is 11.5 Å². The van der Waals surface area contributed by atoms with Gasteiger partial charge in [0.05, 0.1) is 6.04 Å². The van der Waals surface area contributed by atoms with Crippen LogP contribution >= 0.6 is 12.6 Å². The van der Waals surface area contributed by atoms with Crippen molar-refractivity contribution >= 4 is 18.4 Å². The molecule has 0 aromatic heterocycles. The van der Waals surface area contributed by atoms with E-state index in [2.05, 4.69) is 17.9 Å². The van der Waals surface area contributed by atoms with Gasteiger partial charge in [-0.2, -0.15) is 12.6 Å². The molecule has 0 heterocycles. The van der Waals surface area contributed by atoms with Crippen LogP contribution in [-0.2, 0) is 4.79 Å². The van der Waals surface area contributed by atoms with Gasteiger partial charge < -0.3 is 5.32 Å². The molecule has 1 atom stereocenters. The summed E-state index contributed by atoms with van der Waals surface area (Å²) < 4.78 is 0. The Labute approximate surface area is 120 Å². The number of carbonyl (C=O) groups is 1.